The first-order valence-corrected chi connectivity index (χ1v) is 10.7. The summed E-state index contributed by atoms with van der Waals surface area (Å²) in [6.07, 6.45) is 0.610. The second-order valence-electron chi connectivity index (χ2n) is 8.10. The monoisotopic (exact) mass is 453 g/mol. The molecule has 1 aromatic heterocycles. The standard InChI is InChI=1S/C25H24FNO6/c1-14(2)32-12-4-11-27-21(15-5-7-16(8-6-15)25(30)31-3)20-22(28)18-13-17(26)9-10-19(18)33-23(20)24(27)29/h5-10,13-14,21H,4,11-12H2,1-3H3. The van der Waals surface area contributed by atoms with E-state index in [0.717, 1.165) is 6.07 Å². The number of carbonyl (C=O) groups is 2. The molecule has 7 nitrogen and oxygen atoms in total. The minimum absolute atomic E-state index is 0.0501. The lowest BCUT2D eigenvalue weighted by Crippen LogP contribution is -2.31. The third-order valence-corrected chi connectivity index (χ3v) is 5.57. The maximum Gasteiger partial charge on any atom is 0.337 e. The number of halogens is 1. The Kier molecular flexibility index (Phi) is 6.29. The number of fused-ring (bicyclic) bond motifs is 2. The van der Waals surface area contributed by atoms with Gasteiger partial charge in [-0.25, -0.2) is 9.18 Å². The zero-order chi connectivity index (χ0) is 23.7. The van der Waals surface area contributed by atoms with Gasteiger partial charge in [-0.2, -0.15) is 0 Å². The highest BCUT2D eigenvalue weighted by Gasteiger charge is 2.42. The fraction of sp³-hybridized carbons (Fsp3) is 0.320. The maximum atomic E-state index is 13.9. The minimum Gasteiger partial charge on any atom is -0.465 e. The van der Waals surface area contributed by atoms with Crippen molar-refractivity contribution in [3.63, 3.8) is 0 Å². The summed E-state index contributed by atoms with van der Waals surface area (Å²) in [5.74, 6) is -1.53. The summed E-state index contributed by atoms with van der Waals surface area (Å²) in [4.78, 5) is 40.1. The molecule has 0 spiro atoms. The number of methoxy groups -OCH3 is 1. The van der Waals surface area contributed by atoms with E-state index in [1.807, 2.05) is 13.8 Å². The number of carbonyl (C=O) groups excluding carboxylic acids is 2. The van der Waals surface area contributed by atoms with Crippen LogP contribution in [0.15, 0.2) is 51.7 Å². The van der Waals surface area contributed by atoms with Crippen LogP contribution in [0.4, 0.5) is 4.39 Å². The SMILES string of the molecule is COC(=O)c1ccc(C2c3c(oc4ccc(F)cc4c3=O)C(=O)N2CCCOC(C)C)cc1. The van der Waals surface area contributed by atoms with Gasteiger partial charge in [-0.3, -0.25) is 9.59 Å². The second-order valence-corrected chi connectivity index (χ2v) is 8.10. The van der Waals surface area contributed by atoms with Crippen molar-refractivity contribution in [1.82, 2.24) is 4.90 Å². The average molecular weight is 453 g/mol. The van der Waals surface area contributed by atoms with Crippen molar-refractivity contribution in [3.05, 3.63) is 81.0 Å². The molecule has 2 aromatic carbocycles. The highest BCUT2D eigenvalue weighted by molar-refractivity contribution is 5.99. The van der Waals surface area contributed by atoms with Crippen LogP contribution < -0.4 is 5.43 Å². The normalized spacial score (nSPS) is 15.4. The van der Waals surface area contributed by atoms with Crippen LogP contribution in [0.1, 0.15) is 58.3 Å². The predicted molar refractivity (Wildman–Crippen MR) is 119 cm³/mol. The Morgan fingerprint density at radius 1 is 1.15 bits per heavy atom. The predicted octanol–water partition coefficient (Wildman–Crippen LogP) is 4.08. The van der Waals surface area contributed by atoms with Gasteiger partial charge in [-0.1, -0.05) is 12.1 Å². The topological polar surface area (TPSA) is 86.0 Å². The quantitative estimate of drug-likeness (QED) is 0.396. The third-order valence-electron chi connectivity index (χ3n) is 5.57. The van der Waals surface area contributed by atoms with E-state index < -0.39 is 29.2 Å². The molecule has 2 heterocycles. The first kappa shape index (κ1) is 22.7. The van der Waals surface area contributed by atoms with Crippen LogP contribution in [0, 0.1) is 5.82 Å². The molecule has 1 atom stereocenters. The number of benzene rings is 2. The van der Waals surface area contributed by atoms with Crippen molar-refractivity contribution in [3.8, 4) is 0 Å². The van der Waals surface area contributed by atoms with E-state index in [9.17, 15) is 18.8 Å². The van der Waals surface area contributed by atoms with Crippen LogP contribution in [0.2, 0.25) is 0 Å². The van der Waals surface area contributed by atoms with Gasteiger partial charge in [0.25, 0.3) is 5.91 Å². The van der Waals surface area contributed by atoms with Crippen molar-refractivity contribution < 1.29 is 27.9 Å². The van der Waals surface area contributed by atoms with Gasteiger partial charge in [0, 0.05) is 13.2 Å². The lowest BCUT2D eigenvalue weighted by Gasteiger charge is -2.25. The molecule has 1 aliphatic rings. The molecule has 4 rings (SSSR count). The van der Waals surface area contributed by atoms with Gasteiger partial charge >= 0.3 is 5.97 Å². The van der Waals surface area contributed by atoms with Gasteiger partial charge in [0.2, 0.25) is 5.76 Å². The van der Waals surface area contributed by atoms with E-state index in [1.54, 1.807) is 29.2 Å². The van der Waals surface area contributed by atoms with Gasteiger partial charge in [-0.05, 0) is 56.2 Å². The lowest BCUT2D eigenvalue weighted by molar-refractivity contribution is 0.0585. The molecule has 0 fully saturated rings. The van der Waals surface area contributed by atoms with Crippen LogP contribution in [-0.4, -0.2) is 43.1 Å². The first-order chi connectivity index (χ1) is 15.8. The second kappa shape index (κ2) is 9.15. The van der Waals surface area contributed by atoms with Gasteiger partial charge in [-0.15, -0.1) is 0 Å². The molecular weight excluding hydrogens is 429 g/mol. The maximum absolute atomic E-state index is 13.9. The van der Waals surface area contributed by atoms with E-state index >= 15 is 0 Å². The van der Waals surface area contributed by atoms with E-state index in [1.165, 1.54) is 19.2 Å². The first-order valence-electron chi connectivity index (χ1n) is 10.7. The van der Waals surface area contributed by atoms with Gasteiger partial charge < -0.3 is 18.8 Å². The number of hydrogen-bond donors (Lipinski definition) is 0. The highest BCUT2D eigenvalue weighted by atomic mass is 19.1. The van der Waals surface area contributed by atoms with E-state index in [0.29, 0.717) is 30.7 Å². The van der Waals surface area contributed by atoms with Crippen LogP contribution >= 0.6 is 0 Å². The van der Waals surface area contributed by atoms with Gasteiger partial charge in [0.15, 0.2) is 5.43 Å². The molecule has 1 aliphatic heterocycles. The summed E-state index contributed by atoms with van der Waals surface area (Å²) in [5, 5.41) is 0.0720. The molecule has 0 N–H and O–H groups in total. The largest absolute Gasteiger partial charge is 0.465 e. The van der Waals surface area contributed by atoms with Crippen LogP contribution in [0.25, 0.3) is 11.0 Å². The number of rotatable bonds is 7. The molecule has 0 aliphatic carbocycles. The fourth-order valence-corrected chi connectivity index (χ4v) is 4.04. The average Bonchev–Trinajstić information content (AvgIpc) is 3.08. The molecule has 3 aromatic rings. The summed E-state index contributed by atoms with van der Waals surface area (Å²) < 4.78 is 30.0. The number of esters is 1. The van der Waals surface area contributed by atoms with E-state index in [-0.39, 0.29) is 28.4 Å². The Labute approximate surface area is 189 Å². The molecule has 1 amide bonds. The number of ether oxygens (including phenoxy) is 2. The van der Waals surface area contributed by atoms with Crippen molar-refractivity contribution in [1.29, 1.82) is 0 Å². The molecule has 0 bridgehead atoms. The molecule has 8 heteroatoms. The Morgan fingerprint density at radius 3 is 2.55 bits per heavy atom. The zero-order valence-electron chi connectivity index (χ0n) is 18.6. The summed E-state index contributed by atoms with van der Waals surface area (Å²) in [5.41, 5.74) is 0.826. The molecule has 33 heavy (non-hydrogen) atoms. The van der Waals surface area contributed by atoms with Gasteiger partial charge in [0.1, 0.15) is 11.4 Å². The zero-order valence-corrected chi connectivity index (χ0v) is 18.6. The van der Waals surface area contributed by atoms with Crippen molar-refractivity contribution in [2.45, 2.75) is 32.4 Å². The smallest absolute Gasteiger partial charge is 0.337 e. The Bertz CT molecular complexity index is 1260. The van der Waals surface area contributed by atoms with E-state index in [4.69, 9.17) is 13.9 Å². The molecule has 0 radical (unpaired) electrons. The lowest BCUT2D eigenvalue weighted by atomic mass is 9.97. The van der Waals surface area contributed by atoms with Crippen molar-refractivity contribution in [2.24, 2.45) is 0 Å². The van der Waals surface area contributed by atoms with Crippen LogP contribution in [-0.2, 0) is 9.47 Å². The number of hydrogen-bond acceptors (Lipinski definition) is 6. The molecule has 172 valence electrons. The third kappa shape index (κ3) is 4.26. The number of nitrogens with zero attached hydrogens (tertiary/aromatic N) is 1. The van der Waals surface area contributed by atoms with Crippen LogP contribution in [0.5, 0.6) is 0 Å². The fourth-order valence-electron chi connectivity index (χ4n) is 4.04. The van der Waals surface area contributed by atoms with Crippen LogP contribution in [0.3, 0.4) is 0 Å². The molecule has 0 saturated carbocycles. The Balaban J connectivity index is 1.80. The highest BCUT2D eigenvalue weighted by Crippen LogP contribution is 2.38. The summed E-state index contributed by atoms with van der Waals surface area (Å²) in [6, 6.07) is 9.40. The molecule has 1 unspecified atom stereocenters. The number of amides is 1. The summed E-state index contributed by atoms with van der Waals surface area (Å²) in [7, 11) is 1.29. The van der Waals surface area contributed by atoms with Gasteiger partial charge in [0.05, 0.1) is 35.8 Å². The molecular formula is C25H24FNO6. The van der Waals surface area contributed by atoms with E-state index in [2.05, 4.69) is 0 Å². The Morgan fingerprint density at radius 2 is 1.88 bits per heavy atom. The van der Waals surface area contributed by atoms with Crippen molar-refractivity contribution >= 4 is 22.8 Å². The Hall–Kier alpha value is -3.52. The summed E-state index contributed by atoms with van der Waals surface area (Å²) in [6.45, 7) is 4.62. The molecule has 0 saturated heterocycles. The van der Waals surface area contributed by atoms with Crippen molar-refractivity contribution in [2.75, 3.05) is 20.3 Å². The minimum atomic E-state index is -0.734. The summed E-state index contributed by atoms with van der Waals surface area (Å²) >= 11 is 0.